The number of nitrogens with one attached hydrogen (secondary N) is 1. The monoisotopic (exact) mass is 544 g/mol. The summed E-state index contributed by atoms with van der Waals surface area (Å²) >= 11 is 0. The minimum Gasteiger partial charge on any atom is -0.391 e. The average Bonchev–Trinajstić information content (AvgIpc) is 3.54. The van der Waals surface area contributed by atoms with E-state index in [-0.39, 0.29) is 31.2 Å². The van der Waals surface area contributed by atoms with Gasteiger partial charge >= 0.3 is 0 Å². The van der Waals surface area contributed by atoms with Crippen LogP contribution >= 0.6 is 0 Å². The van der Waals surface area contributed by atoms with E-state index in [0.29, 0.717) is 5.92 Å². The number of amides is 3. The molecule has 1 aromatic heterocycles. The van der Waals surface area contributed by atoms with Crippen LogP contribution in [0.3, 0.4) is 0 Å². The normalized spacial score (nSPS) is 20.4. The number of primary amides is 1. The zero-order valence-electron chi connectivity index (χ0n) is 22.8. The van der Waals surface area contributed by atoms with Gasteiger partial charge in [0.05, 0.1) is 11.8 Å². The van der Waals surface area contributed by atoms with Crippen molar-refractivity contribution in [1.29, 1.82) is 0 Å². The predicted molar refractivity (Wildman–Crippen MR) is 149 cm³/mol. The Morgan fingerprint density at radius 1 is 1.05 bits per heavy atom. The number of aliphatic hydroxyl groups is 1. The molecule has 3 amide bonds. The molecule has 0 radical (unpaired) electrons. The Bertz CT molecular complexity index is 1350. The van der Waals surface area contributed by atoms with E-state index < -0.39 is 36.0 Å². The van der Waals surface area contributed by atoms with Gasteiger partial charge in [-0.25, -0.2) is 4.68 Å². The first-order valence-electron chi connectivity index (χ1n) is 13.9. The number of aliphatic hydroxyl groups excluding tert-OH is 1. The van der Waals surface area contributed by atoms with E-state index in [1.807, 2.05) is 74.6 Å². The molecule has 10 heteroatoms. The molecule has 2 aromatic carbocycles. The van der Waals surface area contributed by atoms with Crippen LogP contribution in [0, 0.1) is 5.92 Å². The van der Waals surface area contributed by atoms with Crippen LogP contribution < -0.4 is 11.1 Å². The number of hydrogen-bond donors (Lipinski definition) is 3. The first-order valence-corrected chi connectivity index (χ1v) is 13.9. The summed E-state index contributed by atoms with van der Waals surface area (Å²) in [5, 5.41) is 21.6. The van der Waals surface area contributed by atoms with Gasteiger partial charge in [-0.1, -0.05) is 73.7 Å². The van der Waals surface area contributed by atoms with Crippen LogP contribution in [0.1, 0.15) is 56.3 Å². The van der Waals surface area contributed by atoms with Gasteiger partial charge in [-0.2, -0.15) is 0 Å². The van der Waals surface area contributed by atoms with Crippen molar-refractivity contribution < 1.29 is 19.5 Å². The molecule has 0 bridgehead atoms. The largest absolute Gasteiger partial charge is 0.391 e. The Kier molecular flexibility index (Phi) is 7.97. The zero-order valence-corrected chi connectivity index (χ0v) is 22.8. The molecule has 0 spiro atoms. The topological polar surface area (TPSA) is 143 Å². The van der Waals surface area contributed by atoms with Gasteiger partial charge in [0.2, 0.25) is 17.7 Å². The second kappa shape index (κ2) is 11.6. The van der Waals surface area contributed by atoms with Gasteiger partial charge in [0, 0.05) is 31.5 Å². The number of hydrogen-bond acceptors (Lipinski definition) is 6. The fourth-order valence-corrected chi connectivity index (χ4v) is 5.36. The standard InChI is InChI=1S/C30H36N6O4/c1-18(2)27(36-17-25(33-34-36)22-12-13-22)30(40)35-16-23(37)15-26(35)29(39)32-24(28(31)38)14-19-8-10-21(11-9-19)20-6-4-3-5-7-20/h3-11,17-18,22-24,26-27,37H,12-16H2,1-2H3,(H2,31,38)(H,32,39)/t23-,24-,26?,27+/m1/s1. The van der Waals surface area contributed by atoms with Crippen LogP contribution in [0.5, 0.6) is 0 Å². The summed E-state index contributed by atoms with van der Waals surface area (Å²) in [5.74, 6) is -1.24. The van der Waals surface area contributed by atoms with Gasteiger partial charge in [-0.05, 0) is 35.4 Å². The molecular weight excluding hydrogens is 508 g/mol. The highest BCUT2D eigenvalue weighted by Gasteiger charge is 2.43. The number of carbonyl (C=O) groups is 3. The maximum Gasteiger partial charge on any atom is 0.248 e. The van der Waals surface area contributed by atoms with E-state index in [2.05, 4.69) is 15.6 Å². The van der Waals surface area contributed by atoms with Crippen LogP contribution in [-0.4, -0.2) is 67.5 Å². The van der Waals surface area contributed by atoms with Gasteiger partial charge in [0.1, 0.15) is 18.1 Å². The lowest BCUT2D eigenvalue weighted by atomic mass is 10.00. The minimum atomic E-state index is -0.970. The number of aromatic nitrogens is 3. The molecule has 1 aliphatic heterocycles. The first-order chi connectivity index (χ1) is 19.2. The molecule has 1 saturated carbocycles. The predicted octanol–water partition coefficient (Wildman–Crippen LogP) is 2.19. The minimum absolute atomic E-state index is 0.0203. The molecule has 4 N–H and O–H groups in total. The molecule has 210 valence electrons. The van der Waals surface area contributed by atoms with Gasteiger partial charge < -0.3 is 21.1 Å². The third kappa shape index (κ3) is 6.07. The lowest BCUT2D eigenvalue weighted by molar-refractivity contribution is -0.143. The van der Waals surface area contributed by atoms with Crippen LogP contribution in [0.25, 0.3) is 11.1 Å². The smallest absolute Gasteiger partial charge is 0.248 e. The Morgan fingerprint density at radius 3 is 2.35 bits per heavy atom. The molecular formula is C30H36N6O4. The number of likely N-dealkylation sites (tertiary alicyclic amines) is 1. The van der Waals surface area contributed by atoms with Crippen LogP contribution in [-0.2, 0) is 20.8 Å². The molecule has 4 atom stereocenters. The molecule has 2 aliphatic rings. The molecule has 1 unspecified atom stereocenters. The summed E-state index contributed by atoms with van der Waals surface area (Å²) in [7, 11) is 0. The van der Waals surface area contributed by atoms with Crippen molar-refractivity contribution in [2.45, 2.75) is 69.7 Å². The molecule has 5 rings (SSSR count). The van der Waals surface area contributed by atoms with E-state index in [9.17, 15) is 19.5 Å². The van der Waals surface area contributed by atoms with Crippen molar-refractivity contribution in [1.82, 2.24) is 25.2 Å². The third-order valence-corrected chi connectivity index (χ3v) is 7.72. The molecule has 3 aromatic rings. The highest BCUT2D eigenvalue weighted by molar-refractivity contribution is 5.93. The Balaban J connectivity index is 1.28. The summed E-state index contributed by atoms with van der Waals surface area (Å²) in [6.45, 7) is 3.84. The Labute approximate surface area is 233 Å². The van der Waals surface area contributed by atoms with Crippen LogP contribution in [0.15, 0.2) is 60.8 Å². The first kappa shape index (κ1) is 27.5. The quantitative estimate of drug-likeness (QED) is 0.357. The number of β-amino-alcohol motifs (C(OH)–C–C–N with tert-alkyl or cyclic N) is 1. The number of benzene rings is 2. The number of nitrogens with two attached hydrogens (primary N) is 1. The molecule has 1 aliphatic carbocycles. The van der Waals surface area contributed by atoms with Gasteiger partial charge in [-0.15, -0.1) is 5.10 Å². The summed E-state index contributed by atoms with van der Waals surface area (Å²) in [5.41, 5.74) is 9.49. The van der Waals surface area contributed by atoms with E-state index >= 15 is 0 Å². The van der Waals surface area contributed by atoms with E-state index in [4.69, 9.17) is 5.73 Å². The second-order valence-corrected chi connectivity index (χ2v) is 11.2. The maximum absolute atomic E-state index is 13.8. The second-order valence-electron chi connectivity index (χ2n) is 11.2. The van der Waals surface area contributed by atoms with E-state index in [0.717, 1.165) is 35.2 Å². The summed E-state index contributed by atoms with van der Waals surface area (Å²) in [6.07, 6.45) is 3.37. The average molecular weight is 545 g/mol. The van der Waals surface area contributed by atoms with Crippen molar-refractivity contribution in [2.75, 3.05) is 6.54 Å². The van der Waals surface area contributed by atoms with Crippen molar-refractivity contribution >= 4 is 17.7 Å². The van der Waals surface area contributed by atoms with Crippen molar-refractivity contribution in [3.63, 3.8) is 0 Å². The SMILES string of the molecule is CC(C)[C@@H](C(=O)N1C[C@H](O)CC1C(=O)N[C@H](Cc1ccc(-c2ccccc2)cc1)C(N)=O)n1cc(C2CC2)nn1. The molecule has 2 heterocycles. The van der Waals surface area contributed by atoms with Crippen LogP contribution in [0.2, 0.25) is 0 Å². The summed E-state index contributed by atoms with van der Waals surface area (Å²) in [4.78, 5) is 40.9. The maximum atomic E-state index is 13.8. The number of nitrogens with zero attached hydrogens (tertiary/aromatic N) is 4. The lowest BCUT2D eigenvalue weighted by Gasteiger charge is -2.30. The van der Waals surface area contributed by atoms with Crippen molar-refractivity contribution in [2.24, 2.45) is 11.7 Å². The highest BCUT2D eigenvalue weighted by Crippen LogP contribution is 2.39. The Morgan fingerprint density at radius 2 is 1.73 bits per heavy atom. The molecule has 10 nitrogen and oxygen atoms in total. The number of rotatable bonds is 10. The van der Waals surface area contributed by atoms with Crippen molar-refractivity contribution in [3.05, 3.63) is 72.1 Å². The van der Waals surface area contributed by atoms with Gasteiger partial charge in [0.25, 0.3) is 0 Å². The highest BCUT2D eigenvalue weighted by atomic mass is 16.3. The van der Waals surface area contributed by atoms with Crippen molar-refractivity contribution in [3.8, 4) is 11.1 Å². The molecule has 1 saturated heterocycles. The molecule has 2 fully saturated rings. The zero-order chi connectivity index (χ0) is 28.4. The third-order valence-electron chi connectivity index (χ3n) is 7.72. The van der Waals surface area contributed by atoms with E-state index in [1.165, 1.54) is 4.90 Å². The number of carbonyl (C=O) groups excluding carboxylic acids is 3. The Hall–Kier alpha value is -4.05. The van der Waals surface area contributed by atoms with Crippen LogP contribution in [0.4, 0.5) is 0 Å². The molecule has 40 heavy (non-hydrogen) atoms. The fraction of sp³-hybridized carbons (Fsp3) is 0.433. The lowest BCUT2D eigenvalue weighted by Crippen LogP contribution is -2.54. The van der Waals surface area contributed by atoms with Gasteiger partial charge in [0.15, 0.2) is 0 Å². The van der Waals surface area contributed by atoms with Gasteiger partial charge in [-0.3, -0.25) is 14.4 Å². The summed E-state index contributed by atoms with van der Waals surface area (Å²) < 4.78 is 1.58. The summed E-state index contributed by atoms with van der Waals surface area (Å²) in [6, 6.07) is 15.1. The fourth-order valence-electron chi connectivity index (χ4n) is 5.36. The van der Waals surface area contributed by atoms with E-state index in [1.54, 1.807) is 4.68 Å².